The van der Waals surface area contributed by atoms with Crippen LogP contribution in [0.2, 0.25) is 0 Å². The molecule has 0 bridgehead atoms. The lowest BCUT2D eigenvalue weighted by Gasteiger charge is -2.35. The lowest BCUT2D eigenvalue weighted by Crippen LogP contribution is -2.49. The van der Waals surface area contributed by atoms with E-state index in [1.807, 2.05) is 20.8 Å². The number of piperidine rings is 1. The molecule has 4 heteroatoms. The van der Waals surface area contributed by atoms with Crippen molar-refractivity contribution < 1.29 is 9.53 Å². The Bertz CT molecular complexity index is 235. The van der Waals surface area contributed by atoms with Crippen molar-refractivity contribution in [2.24, 2.45) is 11.7 Å². The van der Waals surface area contributed by atoms with E-state index >= 15 is 0 Å². The lowest BCUT2D eigenvalue weighted by molar-refractivity contribution is 0.0158. The molecule has 1 saturated heterocycles. The second-order valence-corrected chi connectivity index (χ2v) is 5.36. The number of carbonyl (C=O) groups excluding carboxylic acids is 1. The molecule has 0 aliphatic carbocycles. The van der Waals surface area contributed by atoms with Gasteiger partial charge in [-0.2, -0.15) is 0 Å². The first-order valence-electron chi connectivity index (χ1n) is 5.53. The molecule has 1 unspecified atom stereocenters. The van der Waals surface area contributed by atoms with Gasteiger partial charge in [0.05, 0.1) is 0 Å². The number of likely N-dealkylation sites (tertiary alicyclic amines) is 1. The molecule has 1 aliphatic rings. The van der Waals surface area contributed by atoms with Gasteiger partial charge in [0.1, 0.15) is 5.60 Å². The molecule has 1 amide bonds. The van der Waals surface area contributed by atoms with E-state index in [9.17, 15) is 4.79 Å². The van der Waals surface area contributed by atoms with Crippen molar-refractivity contribution in [3.05, 3.63) is 0 Å². The van der Waals surface area contributed by atoms with Gasteiger partial charge >= 0.3 is 6.09 Å². The molecule has 0 spiro atoms. The molecule has 0 radical (unpaired) electrons. The van der Waals surface area contributed by atoms with Crippen molar-refractivity contribution in [3.63, 3.8) is 0 Å². The van der Waals surface area contributed by atoms with Crippen LogP contribution in [-0.4, -0.2) is 35.7 Å². The summed E-state index contributed by atoms with van der Waals surface area (Å²) in [5.74, 6) is 0.353. The first kappa shape index (κ1) is 12.3. The fraction of sp³-hybridized carbons (Fsp3) is 0.909. The Labute approximate surface area is 91.8 Å². The van der Waals surface area contributed by atoms with Crippen molar-refractivity contribution in [1.29, 1.82) is 0 Å². The molecular formula is C11H22N2O2. The molecule has 0 aromatic heterocycles. The zero-order chi connectivity index (χ0) is 11.6. The molecule has 1 rings (SSSR count). The minimum atomic E-state index is -0.417. The van der Waals surface area contributed by atoms with E-state index in [1.165, 1.54) is 0 Å². The summed E-state index contributed by atoms with van der Waals surface area (Å²) in [6, 6.07) is 0.212. The highest BCUT2D eigenvalue weighted by Gasteiger charge is 2.29. The maximum Gasteiger partial charge on any atom is 0.410 e. The van der Waals surface area contributed by atoms with Gasteiger partial charge < -0.3 is 15.4 Å². The van der Waals surface area contributed by atoms with Crippen LogP contribution in [0.5, 0.6) is 0 Å². The van der Waals surface area contributed by atoms with E-state index in [1.54, 1.807) is 4.90 Å². The summed E-state index contributed by atoms with van der Waals surface area (Å²) in [6.45, 7) is 9.12. The number of nitrogens with zero attached hydrogens (tertiary/aromatic N) is 1. The fourth-order valence-corrected chi connectivity index (χ4v) is 1.66. The van der Waals surface area contributed by atoms with Crippen LogP contribution in [-0.2, 0) is 4.74 Å². The van der Waals surface area contributed by atoms with Crippen molar-refractivity contribution in [2.75, 3.05) is 13.1 Å². The largest absolute Gasteiger partial charge is 0.444 e. The highest BCUT2D eigenvalue weighted by atomic mass is 16.6. The predicted octanol–water partition coefficient (Wildman–Crippen LogP) is 1.59. The molecule has 4 nitrogen and oxygen atoms in total. The molecule has 0 aromatic rings. The average molecular weight is 214 g/mol. The molecule has 2 N–H and O–H groups in total. The first-order chi connectivity index (χ1) is 6.79. The Hall–Kier alpha value is -0.770. The Balaban J connectivity index is 2.48. The van der Waals surface area contributed by atoms with E-state index in [-0.39, 0.29) is 12.1 Å². The Kier molecular flexibility index (Phi) is 3.60. The average Bonchev–Trinajstić information content (AvgIpc) is 2.06. The Morgan fingerprint density at radius 2 is 2.07 bits per heavy atom. The van der Waals surface area contributed by atoms with E-state index in [4.69, 9.17) is 10.5 Å². The quantitative estimate of drug-likeness (QED) is 0.666. The van der Waals surface area contributed by atoms with Crippen LogP contribution in [0.1, 0.15) is 34.1 Å². The smallest absolute Gasteiger partial charge is 0.410 e. The maximum absolute atomic E-state index is 11.7. The molecule has 0 saturated carbocycles. The second kappa shape index (κ2) is 4.39. The molecule has 15 heavy (non-hydrogen) atoms. The van der Waals surface area contributed by atoms with Crippen molar-refractivity contribution in [1.82, 2.24) is 4.90 Å². The summed E-state index contributed by atoms with van der Waals surface area (Å²) < 4.78 is 5.31. The summed E-state index contributed by atoms with van der Waals surface area (Å²) in [6.07, 6.45) is 0.640. The lowest BCUT2D eigenvalue weighted by atomic mass is 9.95. The summed E-state index contributed by atoms with van der Waals surface area (Å²) in [4.78, 5) is 13.5. The molecule has 2 atom stereocenters. The van der Waals surface area contributed by atoms with Crippen molar-refractivity contribution in [2.45, 2.75) is 45.8 Å². The zero-order valence-electron chi connectivity index (χ0n) is 10.1. The molecule has 1 heterocycles. The normalized spacial score (nSPS) is 27.7. The zero-order valence-corrected chi connectivity index (χ0v) is 10.1. The number of rotatable bonds is 0. The number of amides is 1. The standard InChI is InChI=1S/C11H22N2O2/c1-8-7-13(6-5-9(8)12)10(14)15-11(2,3)4/h8-9H,5-7,12H2,1-4H3/t8?,9-/m1/s1. The maximum atomic E-state index is 11.7. The summed E-state index contributed by atoms with van der Waals surface area (Å²) >= 11 is 0. The third-order valence-electron chi connectivity index (χ3n) is 2.62. The summed E-state index contributed by atoms with van der Waals surface area (Å²) in [7, 11) is 0. The van der Waals surface area contributed by atoms with Crippen LogP contribution >= 0.6 is 0 Å². The summed E-state index contributed by atoms with van der Waals surface area (Å²) in [5.41, 5.74) is 5.47. The first-order valence-corrected chi connectivity index (χ1v) is 5.53. The third kappa shape index (κ3) is 3.70. The molecule has 0 aromatic carbocycles. The number of hydrogen-bond donors (Lipinski definition) is 1. The summed E-state index contributed by atoms with van der Waals surface area (Å²) in [5, 5.41) is 0. The van der Waals surface area contributed by atoms with Gasteiger partial charge in [-0.25, -0.2) is 4.79 Å². The van der Waals surface area contributed by atoms with Gasteiger partial charge in [-0.15, -0.1) is 0 Å². The number of hydrogen-bond acceptors (Lipinski definition) is 3. The van der Waals surface area contributed by atoms with Gasteiger partial charge in [-0.05, 0) is 33.1 Å². The molecule has 1 aliphatic heterocycles. The van der Waals surface area contributed by atoms with E-state index < -0.39 is 5.60 Å². The van der Waals surface area contributed by atoms with Gasteiger partial charge in [0.15, 0.2) is 0 Å². The Morgan fingerprint density at radius 1 is 1.47 bits per heavy atom. The SMILES string of the molecule is CC1CN(C(=O)OC(C)(C)C)CC[C@H]1N. The minimum absolute atomic E-state index is 0.212. The molecule has 88 valence electrons. The van der Waals surface area contributed by atoms with Gasteiger partial charge in [0.25, 0.3) is 0 Å². The van der Waals surface area contributed by atoms with Crippen LogP contribution in [0.25, 0.3) is 0 Å². The van der Waals surface area contributed by atoms with E-state index in [0.717, 1.165) is 6.42 Å². The second-order valence-electron chi connectivity index (χ2n) is 5.36. The van der Waals surface area contributed by atoms with Crippen LogP contribution in [0.15, 0.2) is 0 Å². The molecule has 1 fully saturated rings. The van der Waals surface area contributed by atoms with Gasteiger partial charge in [0.2, 0.25) is 0 Å². The fourth-order valence-electron chi connectivity index (χ4n) is 1.66. The van der Waals surface area contributed by atoms with Crippen LogP contribution in [0.3, 0.4) is 0 Å². The highest BCUT2D eigenvalue weighted by Crippen LogP contribution is 2.17. The molecular weight excluding hydrogens is 192 g/mol. The number of carbonyl (C=O) groups is 1. The topological polar surface area (TPSA) is 55.6 Å². The van der Waals surface area contributed by atoms with Crippen LogP contribution in [0.4, 0.5) is 4.79 Å². The van der Waals surface area contributed by atoms with Gasteiger partial charge in [-0.1, -0.05) is 6.92 Å². The monoisotopic (exact) mass is 214 g/mol. The van der Waals surface area contributed by atoms with Gasteiger partial charge in [-0.3, -0.25) is 0 Å². The van der Waals surface area contributed by atoms with Crippen molar-refractivity contribution >= 4 is 6.09 Å². The van der Waals surface area contributed by atoms with E-state index in [2.05, 4.69) is 6.92 Å². The van der Waals surface area contributed by atoms with Gasteiger partial charge in [0, 0.05) is 19.1 Å². The highest BCUT2D eigenvalue weighted by molar-refractivity contribution is 5.68. The van der Waals surface area contributed by atoms with Crippen molar-refractivity contribution in [3.8, 4) is 0 Å². The number of ether oxygens (including phenoxy) is 1. The predicted molar refractivity (Wildman–Crippen MR) is 59.6 cm³/mol. The van der Waals surface area contributed by atoms with E-state index in [0.29, 0.717) is 19.0 Å². The third-order valence-corrected chi connectivity index (χ3v) is 2.62. The minimum Gasteiger partial charge on any atom is -0.444 e. The Morgan fingerprint density at radius 3 is 2.53 bits per heavy atom. The number of nitrogens with two attached hydrogens (primary N) is 1. The van der Waals surface area contributed by atoms with Crippen LogP contribution in [0, 0.1) is 5.92 Å². The van der Waals surface area contributed by atoms with Crippen LogP contribution < -0.4 is 5.73 Å².